The molecule has 17 nitrogen and oxygen atoms in total. The van der Waals surface area contributed by atoms with E-state index in [9.17, 15) is 23.5 Å². The number of hydrogen-bond acceptors (Lipinski definition) is 12. The van der Waals surface area contributed by atoms with Crippen LogP contribution in [0.5, 0.6) is 46.0 Å². The number of fused-ring (bicyclic) bond motifs is 2. The fourth-order valence-corrected chi connectivity index (χ4v) is 7.81. The van der Waals surface area contributed by atoms with Crippen molar-refractivity contribution < 1.29 is 55.9 Å². The van der Waals surface area contributed by atoms with Crippen molar-refractivity contribution in [1.82, 2.24) is 25.0 Å². The number of amides is 4. The van der Waals surface area contributed by atoms with Crippen molar-refractivity contribution in [3.8, 4) is 46.0 Å². The van der Waals surface area contributed by atoms with Crippen LogP contribution in [-0.2, 0) is 6.54 Å². The number of methoxy groups -OCH3 is 2. The van der Waals surface area contributed by atoms with E-state index in [4.69, 9.17) is 46.9 Å². The van der Waals surface area contributed by atoms with Crippen LogP contribution < -0.4 is 44.3 Å². The molecule has 370 valence electrons. The lowest BCUT2D eigenvalue weighted by Crippen LogP contribution is -2.54. The minimum atomic E-state index is -1.28. The van der Waals surface area contributed by atoms with E-state index in [1.165, 1.54) is 81.2 Å². The van der Waals surface area contributed by atoms with Crippen LogP contribution in [0.1, 0.15) is 0 Å². The Morgan fingerprint density at radius 3 is 1.62 bits per heavy atom. The Morgan fingerprint density at radius 2 is 1.14 bits per heavy atom. The van der Waals surface area contributed by atoms with Gasteiger partial charge in [0.25, 0.3) is 0 Å². The number of carbonyl (C=O) groups is 2. The summed E-state index contributed by atoms with van der Waals surface area (Å²) in [4.78, 5) is 38.2. The van der Waals surface area contributed by atoms with Gasteiger partial charge in [-0.1, -0.05) is 28.4 Å². The highest BCUT2D eigenvalue weighted by atomic mass is 35.5. The number of anilines is 4. The lowest BCUT2D eigenvalue weighted by atomic mass is 10.1. The Kier molecular flexibility index (Phi) is 14.1. The number of urea groups is 2. The average molecular weight is 1040 g/mol. The molecule has 0 spiro atoms. The van der Waals surface area contributed by atoms with E-state index >= 15 is 8.78 Å². The maximum atomic E-state index is 15.2. The molecule has 0 saturated carbocycles. The standard InChI is InChI=1S/C50H35Cl2F4N9O8/c1-69-46-23-31-39(25-43(46)66)57-13-11-44(31)72-29-5-9-41(33(51)21-29)64(49(67)60-37-7-3-27(53)19-35(37)55)65(50(68)61-38-8-4-28(54)20-36(38)56)42-10-6-30(22-34(42)52)73-45-12-14-58-40-26-48(47(70-2)24-32(40)45)71-18-17-63-16-15-59-62-63/h3-16,19-26,66H,17-18H2,1-2H3,(H,60,67)(H,61,68). The molecule has 3 heterocycles. The fraction of sp³-hybridized carbons (Fsp3) is 0.0800. The van der Waals surface area contributed by atoms with Crippen LogP contribution >= 0.6 is 23.2 Å². The highest BCUT2D eigenvalue weighted by molar-refractivity contribution is 6.36. The predicted molar refractivity (Wildman–Crippen MR) is 263 cm³/mol. The first kappa shape index (κ1) is 48.9. The third kappa shape index (κ3) is 10.7. The second-order valence-corrected chi connectivity index (χ2v) is 16.2. The van der Waals surface area contributed by atoms with Gasteiger partial charge in [0, 0.05) is 65.8 Å². The predicted octanol–water partition coefficient (Wildman–Crippen LogP) is 12.3. The number of rotatable bonds is 14. The van der Waals surface area contributed by atoms with E-state index < -0.39 is 46.7 Å². The molecule has 73 heavy (non-hydrogen) atoms. The number of hydrazine groups is 1. The summed E-state index contributed by atoms with van der Waals surface area (Å²) in [7, 11) is 2.84. The van der Waals surface area contributed by atoms with Gasteiger partial charge in [-0.3, -0.25) is 9.97 Å². The Bertz CT molecular complexity index is 3560. The number of aromatic nitrogens is 5. The Hall–Kier alpha value is -9.08. The molecule has 0 unspecified atom stereocenters. The molecular formula is C50H35Cl2F4N9O8. The largest absolute Gasteiger partial charge is 0.504 e. The van der Waals surface area contributed by atoms with Crippen LogP contribution in [0.25, 0.3) is 21.8 Å². The number of hydrogen-bond donors (Lipinski definition) is 3. The SMILES string of the molecule is COc1cc2c(Oc3ccc(N(C(=O)Nc4ccc(F)cc4F)N(C(=O)Nc4ccc(F)cc4F)c4ccc(Oc5ccnc6cc(OCCn7ccnn7)c(OC)cc56)cc4Cl)c(Cl)c3)ccnc2cc1O. The second-order valence-electron chi connectivity index (χ2n) is 15.4. The van der Waals surface area contributed by atoms with Crippen molar-refractivity contribution in [2.45, 2.75) is 6.54 Å². The Labute approximate surface area is 420 Å². The van der Waals surface area contributed by atoms with Crippen LogP contribution in [0.2, 0.25) is 10.0 Å². The third-order valence-electron chi connectivity index (χ3n) is 10.7. The van der Waals surface area contributed by atoms with Crippen LogP contribution in [0.4, 0.5) is 49.9 Å². The molecule has 0 saturated heterocycles. The van der Waals surface area contributed by atoms with Gasteiger partial charge in [0.15, 0.2) is 23.0 Å². The maximum Gasteiger partial charge on any atom is 0.346 e. The quantitative estimate of drug-likeness (QED) is 0.0692. The van der Waals surface area contributed by atoms with Crippen LogP contribution in [-0.4, -0.2) is 63.0 Å². The third-order valence-corrected chi connectivity index (χ3v) is 11.3. The minimum Gasteiger partial charge on any atom is -0.504 e. The molecule has 0 atom stereocenters. The number of aromatic hydroxyl groups is 1. The number of nitrogens with one attached hydrogen (secondary N) is 2. The van der Waals surface area contributed by atoms with Gasteiger partial charge in [0.1, 0.15) is 52.9 Å². The molecule has 9 rings (SSSR count). The van der Waals surface area contributed by atoms with Gasteiger partial charge >= 0.3 is 12.1 Å². The molecular weight excluding hydrogens is 1000 g/mol. The molecule has 9 aromatic rings. The van der Waals surface area contributed by atoms with E-state index in [0.29, 0.717) is 62.0 Å². The van der Waals surface area contributed by atoms with Crippen molar-refractivity contribution in [1.29, 1.82) is 0 Å². The first-order chi connectivity index (χ1) is 35.3. The average Bonchev–Trinajstić information content (AvgIpc) is 3.89. The molecule has 4 amide bonds. The second kappa shape index (κ2) is 21.1. The Balaban J connectivity index is 1.10. The Morgan fingerprint density at radius 1 is 0.616 bits per heavy atom. The maximum absolute atomic E-state index is 15.2. The van der Waals surface area contributed by atoms with Crippen molar-refractivity contribution in [3.05, 3.63) is 167 Å². The summed E-state index contributed by atoms with van der Waals surface area (Å²) in [5.41, 5.74) is -0.766. The molecule has 0 aliphatic heterocycles. The van der Waals surface area contributed by atoms with Crippen molar-refractivity contribution in [2.75, 3.05) is 41.5 Å². The lowest BCUT2D eigenvalue weighted by Gasteiger charge is -2.35. The first-order valence-electron chi connectivity index (χ1n) is 21.4. The molecule has 23 heteroatoms. The first-order valence-corrected chi connectivity index (χ1v) is 22.2. The van der Waals surface area contributed by atoms with Gasteiger partial charge in [-0.25, -0.2) is 31.8 Å². The summed E-state index contributed by atoms with van der Waals surface area (Å²) in [5.74, 6) is -2.80. The van der Waals surface area contributed by atoms with E-state index in [2.05, 4.69) is 30.9 Å². The molecule has 0 radical (unpaired) electrons. The van der Waals surface area contributed by atoms with Crippen molar-refractivity contribution in [3.63, 3.8) is 0 Å². The van der Waals surface area contributed by atoms with E-state index in [0.717, 1.165) is 24.3 Å². The van der Waals surface area contributed by atoms with Gasteiger partial charge < -0.3 is 39.4 Å². The van der Waals surface area contributed by atoms with E-state index in [1.54, 1.807) is 35.3 Å². The summed E-state index contributed by atoms with van der Waals surface area (Å²) in [5, 5.41) is 24.4. The number of halogens is 6. The molecule has 6 aromatic carbocycles. The summed E-state index contributed by atoms with van der Waals surface area (Å²) < 4.78 is 89.6. The smallest absolute Gasteiger partial charge is 0.346 e. The molecule has 3 aromatic heterocycles. The minimum absolute atomic E-state index is 0.0929. The van der Waals surface area contributed by atoms with Crippen molar-refractivity contribution >= 4 is 79.8 Å². The van der Waals surface area contributed by atoms with Crippen molar-refractivity contribution in [2.24, 2.45) is 0 Å². The summed E-state index contributed by atoms with van der Waals surface area (Å²) in [6.45, 7) is 0.650. The summed E-state index contributed by atoms with van der Waals surface area (Å²) >= 11 is 14.0. The molecule has 0 bridgehead atoms. The fourth-order valence-electron chi connectivity index (χ4n) is 7.31. The van der Waals surface area contributed by atoms with Gasteiger partial charge in [-0.15, -0.1) is 5.10 Å². The normalized spacial score (nSPS) is 11.0. The summed E-state index contributed by atoms with van der Waals surface area (Å²) in [6, 6.07) is 19.4. The highest BCUT2D eigenvalue weighted by Crippen LogP contribution is 2.42. The van der Waals surface area contributed by atoms with E-state index in [1.807, 2.05) is 0 Å². The van der Waals surface area contributed by atoms with Gasteiger partial charge in [0.05, 0.1) is 70.8 Å². The lowest BCUT2D eigenvalue weighted by molar-refractivity contribution is 0.248. The zero-order valence-corrected chi connectivity index (χ0v) is 39.3. The molecule has 0 aliphatic rings. The van der Waals surface area contributed by atoms with Crippen LogP contribution in [0.15, 0.2) is 134 Å². The zero-order chi connectivity index (χ0) is 51.3. The molecule has 3 N–H and O–H groups in total. The highest BCUT2D eigenvalue weighted by Gasteiger charge is 2.34. The van der Waals surface area contributed by atoms with E-state index in [-0.39, 0.29) is 62.5 Å². The monoisotopic (exact) mass is 1040 g/mol. The van der Waals surface area contributed by atoms with Gasteiger partial charge in [-0.2, -0.15) is 10.0 Å². The number of benzene rings is 6. The van der Waals surface area contributed by atoms with Gasteiger partial charge in [0.2, 0.25) is 0 Å². The number of phenolic OH excluding ortho intramolecular Hbond substituents is 1. The number of phenols is 1. The molecule has 0 fully saturated rings. The molecule has 0 aliphatic carbocycles. The number of nitrogens with zero attached hydrogens (tertiary/aromatic N) is 7. The number of pyridine rings is 2. The zero-order valence-electron chi connectivity index (χ0n) is 37.8. The topological polar surface area (TPSA) is 188 Å². The number of ether oxygens (including phenoxy) is 5. The van der Waals surface area contributed by atoms with Crippen LogP contribution in [0.3, 0.4) is 0 Å². The van der Waals surface area contributed by atoms with Gasteiger partial charge in [-0.05, 0) is 72.8 Å². The number of carbonyl (C=O) groups excluding carboxylic acids is 2. The van der Waals surface area contributed by atoms with Crippen LogP contribution in [0, 0.1) is 23.3 Å². The summed E-state index contributed by atoms with van der Waals surface area (Å²) in [6.07, 6.45) is 6.19.